The zero-order chi connectivity index (χ0) is 14.7. The first-order valence-corrected chi connectivity index (χ1v) is 5.79. The Morgan fingerprint density at radius 2 is 1.85 bits per heavy atom. The molecule has 0 bridgehead atoms. The van der Waals surface area contributed by atoms with Gasteiger partial charge in [-0.3, -0.25) is 4.79 Å². The van der Waals surface area contributed by atoms with Crippen LogP contribution in [0.25, 0.3) is 0 Å². The Kier molecular flexibility index (Phi) is 4.06. The van der Waals surface area contributed by atoms with Gasteiger partial charge in [-0.05, 0) is 6.07 Å². The van der Waals surface area contributed by atoms with Gasteiger partial charge in [0.25, 0.3) is 5.91 Å². The fourth-order valence-electron chi connectivity index (χ4n) is 1.27. The second-order valence-electron chi connectivity index (χ2n) is 3.38. The highest BCUT2D eigenvalue weighted by molar-refractivity contribution is 6.34. The molecular weight excluding hydrogens is 309 g/mol. The van der Waals surface area contributed by atoms with Gasteiger partial charge in [-0.15, -0.1) is 10.2 Å². The molecule has 0 atom stereocenters. The Morgan fingerprint density at radius 3 is 2.55 bits per heavy atom. The molecule has 2 heterocycles. The van der Waals surface area contributed by atoms with Crippen molar-refractivity contribution in [3.05, 3.63) is 40.0 Å². The van der Waals surface area contributed by atoms with Crippen LogP contribution in [0.5, 0.6) is 0 Å². The number of rotatable bonds is 3. The third-order valence-electron chi connectivity index (χ3n) is 2.10. The number of anilines is 1. The lowest BCUT2D eigenvalue weighted by atomic mass is 10.3. The Balaban J connectivity index is 2.33. The molecule has 0 saturated heterocycles. The van der Waals surface area contributed by atoms with Crippen molar-refractivity contribution in [2.75, 3.05) is 5.32 Å². The van der Waals surface area contributed by atoms with Gasteiger partial charge in [0.05, 0.1) is 5.56 Å². The van der Waals surface area contributed by atoms with Crippen molar-refractivity contribution < 1.29 is 14.7 Å². The zero-order valence-corrected chi connectivity index (χ0v) is 11.1. The van der Waals surface area contributed by atoms with Crippen molar-refractivity contribution in [3.8, 4) is 0 Å². The first kappa shape index (κ1) is 14.1. The van der Waals surface area contributed by atoms with Gasteiger partial charge in [0.1, 0.15) is 0 Å². The lowest BCUT2D eigenvalue weighted by Crippen LogP contribution is -2.18. The second kappa shape index (κ2) is 5.76. The maximum Gasteiger partial charge on any atom is 0.358 e. The molecule has 2 aromatic rings. The van der Waals surface area contributed by atoms with Gasteiger partial charge in [-0.25, -0.2) is 14.8 Å². The minimum Gasteiger partial charge on any atom is -0.476 e. The largest absolute Gasteiger partial charge is 0.476 e. The molecule has 1 amide bonds. The van der Waals surface area contributed by atoms with Gasteiger partial charge in [-0.1, -0.05) is 23.2 Å². The van der Waals surface area contributed by atoms with Gasteiger partial charge in [0.15, 0.2) is 21.8 Å². The van der Waals surface area contributed by atoms with E-state index in [-0.39, 0.29) is 21.7 Å². The summed E-state index contributed by atoms with van der Waals surface area (Å²) >= 11 is 11.3. The van der Waals surface area contributed by atoms with Crippen LogP contribution < -0.4 is 5.32 Å². The number of carbonyl (C=O) groups is 2. The quantitative estimate of drug-likeness (QED) is 0.881. The van der Waals surface area contributed by atoms with E-state index in [9.17, 15) is 9.59 Å². The molecule has 10 heteroatoms. The van der Waals surface area contributed by atoms with Gasteiger partial charge >= 0.3 is 5.97 Å². The van der Waals surface area contributed by atoms with E-state index in [4.69, 9.17) is 28.3 Å². The van der Waals surface area contributed by atoms with Gasteiger partial charge < -0.3 is 10.4 Å². The average Bonchev–Trinajstić information content (AvgIpc) is 2.41. The standard InChI is InChI=1S/C10H5Cl2N5O3/c11-5-3-4(7(12)17-16-5)9(18)15-8-6(10(19)20)13-1-2-14-8/h1-3H,(H,19,20)(H,14,15,18). The summed E-state index contributed by atoms with van der Waals surface area (Å²) in [5.74, 6) is -2.27. The molecule has 102 valence electrons. The first-order chi connectivity index (χ1) is 9.49. The fraction of sp³-hybridized carbons (Fsp3) is 0. The molecule has 0 aliphatic carbocycles. The van der Waals surface area contributed by atoms with Crippen LogP contribution in [0.2, 0.25) is 10.3 Å². The maximum atomic E-state index is 12.0. The molecule has 2 N–H and O–H groups in total. The number of carboxylic acid groups (broad SMARTS) is 1. The molecule has 0 unspecified atom stereocenters. The highest BCUT2D eigenvalue weighted by atomic mass is 35.5. The number of hydrogen-bond donors (Lipinski definition) is 2. The van der Waals surface area contributed by atoms with Crippen LogP contribution in [0.15, 0.2) is 18.5 Å². The van der Waals surface area contributed by atoms with E-state index in [1.54, 1.807) is 0 Å². The molecule has 8 nitrogen and oxygen atoms in total. The Hall–Kier alpha value is -2.32. The predicted octanol–water partition coefficient (Wildman–Crippen LogP) is 1.52. The summed E-state index contributed by atoms with van der Waals surface area (Å²) in [6, 6.07) is 1.20. The lowest BCUT2D eigenvalue weighted by molar-refractivity contribution is 0.0691. The molecular formula is C10H5Cl2N5O3. The van der Waals surface area contributed by atoms with Crippen molar-refractivity contribution in [1.82, 2.24) is 20.2 Å². The Morgan fingerprint density at radius 1 is 1.15 bits per heavy atom. The highest BCUT2D eigenvalue weighted by Crippen LogP contribution is 2.17. The smallest absolute Gasteiger partial charge is 0.358 e. The number of carboxylic acids is 1. The number of aromatic nitrogens is 4. The summed E-state index contributed by atoms with van der Waals surface area (Å²) in [6.45, 7) is 0. The van der Waals surface area contributed by atoms with Crippen molar-refractivity contribution in [1.29, 1.82) is 0 Å². The SMILES string of the molecule is O=C(Nc1nccnc1C(=O)O)c1cc(Cl)nnc1Cl. The fourth-order valence-corrected chi connectivity index (χ4v) is 1.60. The van der Waals surface area contributed by atoms with Crippen LogP contribution in [0.4, 0.5) is 5.82 Å². The number of nitrogens with zero attached hydrogens (tertiary/aromatic N) is 4. The summed E-state index contributed by atoms with van der Waals surface area (Å²) in [5, 5.41) is 17.9. The molecule has 0 fully saturated rings. The highest BCUT2D eigenvalue weighted by Gasteiger charge is 2.18. The van der Waals surface area contributed by atoms with Crippen LogP contribution >= 0.6 is 23.2 Å². The van der Waals surface area contributed by atoms with Crippen LogP contribution in [0.3, 0.4) is 0 Å². The van der Waals surface area contributed by atoms with Gasteiger partial charge in [0, 0.05) is 12.4 Å². The van der Waals surface area contributed by atoms with E-state index in [1.807, 2.05) is 0 Å². The molecule has 0 aromatic carbocycles. The number of hydrogen-bond acceptors (Lipinski definition) is 6. The minimum absolute atomic E-state index is 0.0304. The number of aromatic carboxylic acids is 1. The summed E-state index contributed by atoms with van der Waals surface area (Å²) in [6.07, 6.45) is 2.43. The van der Waals surface area contributed by atoms with E-state index < -0.39 is 17.6 Å². The van der Waals surface area contributed by atoms with E-state index >= 15 is 0 Å². The first-order valence-electron chi connectivity index (χ1n) is 5.03. The van der Waals surface area contributed by atoms with Crippen molar-refractivity contribution in [2.24, 2.45) is 0 Å². The summed E-state index contributed by atoms with van der Waals surface area (Å²) < 4.78 is 0. The minimum atomic E-state index is -1.33. The summed E-state index contributed by atoms with van der Waals surface area (Å²) in [7, 11) is 0. The molecule has 0 spiro atoms. The molecule has 0 radical (unpaired) electrons. The normalized spacial score (nSPS) is 10.1. The van der Waals surface area contributed by atoms with E-state index in [2.05, 4.69) is 25.5 Å². The topological polar surface area (TPSA) is 118 Å². The molecule has 20 heavy (non-hydrogen) atoms. The number of nitrogens with one attached hydrogen (secondary N) is 1. The third kappa shape index (κ3) is 2.98. The van der Waals surface area contributed by atoms with Crippen LogP contribution in [0, 0.1) is 0 Å². The Bertz CT molecular complexity index is 694. The number of carbonyl (C=O) groups excluding carboxylic acids is 1. The monoisotopic (exact) mass is 313 g/mol. The van der Waals surface area contributed by atoms with Gasteiger partial charge in [0.2, 0.25) is 0 Å². The zero-order valence-electron chi connectivity index (χ0n) is 9.54. The second-order valence-corrected chi connectivity index (χ2v) is 4.13. The van der Waals surface area contributed by atoms with Crippen LogP contribution in [0.1, 0.15) is 20.8 Å². The van der Waals surface area contributed by atoms with Crippen LogP contribution in [-0.4, -0.2) is 37.1 Å². The lowest BCUT2D eigenvalue weighted by Gasteiger charge is -2.06. The summed E-state index contributed by atoms with van der Waals surface area (Å²) in [4.78, 5) is 30.2. The number of amides is 1. The van der Waals surface area contributed by atoms with E-state index in [1.165, 1.54) is 18.5 Å². The molecule has 2 aromatic heterocycles. The maximum absolute atomic E-state index is 12.0. The predicted molar refractivity (Wildman–Crippen MR) is 69.0 cm³/mol. The molecule has 0 aliphatic heterocycles. The number of halogens is 2. The molecule has 2 rings (SSSR count). The molecule has 0 aliphatic rings. The van der Waals surface area contributed by atoms with Crippen molar-refractivity contribution >= 4 is 40.9 Å². The van der Waals surface area contributed by atoms with Crippen LogP contribution in [-0.2, 0) is 0 Å². The van der Waals surface area contributed by atoms with E-state index in [0.29, 0.717) is 0 Å². The Labute approximate surface area is 121 Å². The average molecular weight is 314 g/mol. The van der Waals surface area contributed by atoms with Crippen molar-refractivity contribution in [3.63, 3.8) is 0 Å². The van der Waals surface area contributed by atoms with E-state index in [0.717, 1.165) is 0 Å². The summed E-state index contributed by atoms with van der Waals surface area (Å²) in [5.41, 5.74) is -0.459. The molecule has 0 saturated carbocycles. The van der Waals surface area contributed by atoms with Gasteiger partial charge in [-0.2, -0.15) is 0 Å². The third-order valence-corrected chi connectivity index (χ3v) is 2.56. The van der Waals surface area contributed by atoms with Crippen molar-refractivity contribution in [2.45, 2.75) is 0 Å².